The van der Waals surface area contributed by atoms with Crippen molar-refractivity contribution >= 4 is 38.2 Å². The Bertz CT molecular complexity index is 3240. The first-order valence-electron chi connectivity index (χ1n) is 18.6. The molecule has 0 radical (unpaired) electrons. The van der Waals surface area contributed by atoms with Crippen LogP contribution in [0.2, 0.25) is 0 Å². The summed E-state index contributed by atoms with van der Waals surface area (Å²) in [6.07, 6.45) is 0. The summed E-state index contributed by atoms with van der Waals surface area (Å²) in [4.78, 5) is 15.2. The Morgan fingerprint density at radius 2 is 0.929 bits per heavy atom. The molecule has 0 unspecified atom stereocenters. The molecular weight excluding hydrogens is 687 g/mol. The molecule has 0 saturated heterocycles. The quantitative estimate of drug-likeness (QED) is 0.171. The van der Waals surface area contributed by atoms with Crippen molar-refractivity contribution in [2.24, 2.45) is 0 Å². The van der Waals surface area contributed by atoms with Crippen molar-refractivity contribution in [3.8, 4) is 67.8 Å². The Morgan fingerprint density at radius 3 is 1.68 bits per heavy atom. The zero-order valence-electron chi connectivity index (χ0n) is 30.0. The number of para-hydroxylation sites is 1. The molecule has 6 nitrogen and oxygen atoms in total. The largest absolute Gasteiger partial charge is 0.456 e. The molecule has 7 aromatic carbocycles. The van der Waals surface area contributed by atoms with E-state index in [0.717, 1.165) is 88.6 Å². The summed E-state index contributed by atoms with van der Waals surface area (Å²) in [7, 11) is 0. The van der Waals surface area contributed by atoms with E-state index in [4.69, 9.17) is 24.5 Å². The first kappa shape index (κ1) is 31.8. The number of aromatic nitrogens is 5. The van der Waals surface area contributed by atoms with Crippen molar-refractivity contribution in [1.82, 2.24) is 24.6 Å². The molecule has 6 heteroatoms. The summed E-state index contributed by atoms with van der Waals surface area (Å²) in [5.41, 5.74) is 11.4. The average Bonchev–Trinajstić information content (AvgIpc) is 3.86. The Labute approximate surface area is 322 Å². The van der Waals surface area contributed by atoms with Crippen molar-refractivity contribution < 1.29 is 4.42 Å². The van der Waals surface area contributed by atoms with E-state index in [1.807, 2.05) is 60.7 Å². The van der Waals surface area contributed by atoms with E-state index in [2.05, 4.69) is 132 Å². The molecule has 0 aliphatic rings. The summed E-state index contributed by atoms with van der Waals surface area (Å²) < 4.78 is 8.38. The van der Waals surface area contributed by atoms with Crippen LogP contribution in [-0.4, -0.2) is 24.6 Å². The molecule has 0 atom stereocenters. The van der Waals surface area contributed by atoms with Crippen LogP contribution in [0.25, 0.3) is 106 Å². The Hall–Kier alpha value is -7.70. The van der Waals surface area contributed by atoms with Crippen molar-refractivity contribution in [2.45, 2.75) is 0 Å². The Balaban J connectivity index is 1.13. The molecule has 11 aromatic rings. The fourth-order valence-corrected chi connectivity index (χ4v) is 7.80. The van der Waals surface area contributed by atoms with Gasteiger partial charge >= 0.3 is 0 Å². The number of hydrogen-bond acceptors (Lipinski definition) is 5. The number of hydrogen-bond donors (Lipinski definition) is 0. The Morgan fingerprint density at radius 1 is 0.375 bits per heavy atom. The molecule has 0 fully saturated rings. The lowest BCUT2D eigenvalue weighted by molar-refractivity contribution is 0.669. The van der Waals surface area contributed by atoms with Crippen molar-refractivity contribution in [3.63, 3.8) is 0 Å². The van der Waals surface area contributed by atoms with Gasteiger partial charge in [0, 0.05) is 49.5 Å². The van der Waals surface area contributed by atoms with E-state index in [9.17, 15) is 0 Å². The van der Waals surface area contributed by atoms with Crippen LogP contribution in [-0.2, 0) is 0 Å². The first-order chi connectivity index (χ1) is 27.7. The van der Waals surface area contributed by atoms with Crippen LogP contribution in [0, 0.1) is 0 Å². The molecule has 0 bridgehead atoms. The third-order valence-corrected chi connectivity index (χ3v) is 10.5. The highest BCUT2D eigenvalue weighted by molar-refractivity contribution is 6.09. The van der Waals surface area contributed by atoms with Gasteiger partial charge in [0.2, 0.25) is 0 Å². The summed E-state index contributed by atoms with van der Waals surface area (Å²) in [6.45, 7) is 0. The lowest BCUT2D eigenvalue weighted by Gasteiger charge is -2.11. The standard InChI is InChI=1S/C50H31N5O/c1-4-15-32(16-5-1)42-30-35-21-10-11-24-39(35)47-45(33-17-6-2-7-18-33)46(54-55(42)47)36-22-14-23-37(29-36)49-51-48(34-19-8-3-9-20-34)52-50(53-49)38-27-28-41-40-25-12-13-26-43(40)56-44(41)31-38/h1-31H. The second-order valence-corrected chi connectivity index (χ2v) is 13.9. The van der Waals surface area contributed by atoms with Crippen molar-refractivity contribution in [3.05, 3.63) is 188 Å². The van der Waals surface area contributed by atoms with E-state index in [1.54, 1.807) is 0 Å². The van der Waals surface area contributed by atoms with Gasteiger partial charge < -0.3 is 4.42 Å². The van der Waals surface area contributed by atoms with Crippen LogP contribution in [0.15, 0.2) is 192 Å². The fourth-order valence-electron chi connectivity index (χ4n) is 7.80. The maximum Gasteiger partial charge on any atom is 0.164 e. The van der Waals surface area contributed by atoms with Crippen molar-refractivity contribution in [2.75, 3.05) is 0 Å². The highest BCUT2D eigenvalue weighted by Gasteiger charge is 2.22. The van der Waals surface area contributed by atoms with Gasteiger partial charge in [-0.1, -0.05) is 158 Å². The van der Waals surface area contributed by atoms with Crippen LogP contribution in [0.1, 0.15) is 0 Å². The van der Waals surface area contributed by atoms with Gasteiger partial charge in [-0.3, -0.25) is 0 Å². The molecule has 0 saturated carbocycles. The molecule has 56 heavy (non-hydrogen) atoms. The number of nitrogens with zero attached hydrogens (tertiary/aromatic N) is 5. The minimum absolute atomic E-state index is 0.568. The second kappa shape index (κ2) is 13.0. The van der Waals surface area contributed by atoms with Gasteiger partial charge in [0.1, 0.15) is 16.9 Å². The van der Waals surface area contributed by atoms with Gasteiger partial charge in [0.25, 0.3) is 0 Å². The maximum atomic E-state index is 6.26. The molecule has 4 heterocycles. The van der Waals surface area contributed by atoms with Gasteiger partial charge in [-0.2, -0.15) is 5.10 Å². The molecule has 0 spiro atoms. The summed E-state index contributed by atoms with van der Waals surface area (Å²) >= 11 is 0. The van der Waals surface area contributed by atoms with Crippen molar-refractivity contribution in [1.29, 1.82) is 0 Å². The maximum absolute atomic E-state index is 6.26. The molecule has 0 aliphatic carbocycles. The van der Waals surface area contributed by atoms with Gasteiger partial charge in [0.05, 0.1) is 11.2 Å². The number of pyridine rings is 1. The molecule has 0 N–H and O–H groups in total. The molecule has 262 valence electrons. The zero-order valence-corrected chi connectivity index (χ0v) is 30.0. The summed E-state index contributed by atoms with van der Waals surface area (Å²) in [6, 6.07) is 64.5. The SMILES string of the molecule is c1ccc(-c2nc(-c3cccc(-c4nn5c(-c6ccccc6)cc6ccccc6c5c4-c4ccccc4)c3)nc(-c3ccc4c(c3)oc3ccccc34)n2)cc1. The third-order valence-electron chi connectivity index (χ3n) is 10.5. The predicted molar refractivity (Wildman–Crippen MR) is 226 cm³/mol. The smallest absolute Gasteiger partial charge is 0.164 e. The molecule has 4 aromatic heterocycles. The highest BCUT2D eigenvalue weighted by Crippen LogP contribution is 2.41. The summed E-state index contributed by atoms with van der Waals surface area (Å²) in [5, 5.41) is 9.88. The van der Waals surface area contributed by atoms with E-state index in [-0.39, 0.29) is 0 Å². The minimum Gasteiger partial charge on any atom is -0.456 e. The van der Waals surface area contributed by atoms with Crippen LogP contribution in [0.5, 0.6) is 0 Å². The van der Waals surface area contributed by atoms with Gasteiger partial charge in [0.15, 0.2) is 17.5 Å². The van der Waals surface area contributed by atoms with Gasteiger partial charge in [-0.15, -0.1) is 0 Å². The summed E-state index contributed by atoms with van der Waals surface area (Å²) in [5.74, 6) is 1.73. The van der Waals surface area contributed by atoms with Crippen LogP contribution in [0.3, 0.4) is 0 Å². The van der Waals surface area contributed by atoms with Crippen LogP contribution < -0.4 is 0 Å². The Kier molecular flexibility index (Phi) is 7.38. The highest BCUT2D eigenvalue weighted by atomic mass is 16.3. The molecular formula is C50H31N5O. The molecule has 0 aliphatic heterocycles. The van der Waals surface area contributed by atoms with E-state index >= 15 is 0 Å². The van der Waals surface area contributed by atoms with Crippen LogP contribution >= 0.6 is 0 Å². The zero-order chi connectivity index (χ0) is 37.0. The van der Waals surface area contributed by atoms with Gasteiger partial charge in [-0.25, -0.2) is 19.5 Å². The monoisotopic (exact) mass is 717 g/mol. The lowest BCUT2D eigenvalue weighted by atomic mass is 9.96. The van der Waals surface area contributed by atoms with E-state index in [0.29, 0.717) is 17.5 Å². The predicted octanol–water partition coefficient (Wildman–Crippen LogP) is 12.6. The van der Waals surface area contributed by atoms with E-state index < -0.39 is 0 Å². The fraction of sp³-hybridized carbons (Fsp3) is 0. The number of furan rings is 1. The average molecular weight is 718 g/mol. The van der Waals surface area contributed by atoms with Gasteiger partial charge in [-0.05, 0) is 41.3 Å². The van der Waals surface area contributed by atoms with E-state index in [1.165, 1.54) is 0 Å². The number of fused-ring (bicyclic) bond motifs is 6. The van der Waals surface area contributed by atoms with Crippen LogP contribution in [0.4, 0.5) is 0 Å². The second-order valence-electron chi connectivity index (χ2n) is 13.9. The normalized spacial score (nSPS) is 11.6. The molecule has 0 amide bonds. The minimum atomic E-state index is 0.568. The molecule has 11 rings (SSSR count). The number of benzene rings is 7. The third kappa shape index (κ3) is 5.35. The first-order valence-corrected chi connectivity index (χ1v) is 18.6. The topological polar surface area (TPSA) is 69.1 Å². The number of rotatable bonds is 6. The lowest BCUT2D eigenvalue weighted by Crippen LogP contribution is -2.00.